The lowest BCUT2D eigenvalue weighted by Crippen LogP contribution is -2.49. The first kappa shape index (κ1) is 26.2. The molecule has 1 aromatic heterocycles. The third-order valence-electron chi connectivity index (χ3n) is 8.00. The molecule has 1 amide bonds. The number of benzene rings is 2. The predicted octanol–water partition coefficient (Wildman–Crippen LogP) is 5.05. The number of hydrogen-bond acceptors (Lipinski definition) is 7. The molecule has 0 radical (unpaired) electrons. The van der Waals surface area contributed by atoms with Crippen LogP contribution in [-0.2, 0) is 4.79 Å². The van der Waals surface area contributed by atoms with Gasteiger partial charge in [-0.1, -0.05) is 30.3 Å². The van der Waals surface area contributed by atoms with Gasteiger partial charge in [-0.25, -0.2) is 9.97 Å². The molecule has 2 aliphatic rings. The predicted molar refractivity (Wildman–Crippen MR) is 150 cm³/mol. The van der Waals surface area contributed by atoms with Crippen LogP contribution in [0.2, 0.25) is 0 Å². The molecule has 2 fully saturated rings. The zero-order valence-electron chi connectivity index (χ0n) is 22.9. The number of amides is 1. The first-order chi connectivity index (χ1) is 18.4. The Morgan fingerprint density at radius 3 is 2.53 bits per heavy atom. The molecule has 0 unspecified atom stereocenters. The van der Waals surface area contributed by atoms with E-state index in [1.807, 2.05) is 44.4 Å². The fraction of sp³-hybridized carbons (Fsp3) is 0.500. The molecule has 3 aromatic rings. The number of anilines is 1. The summed E-state index contributed by atoms with van der Waals surface area (Å²) in [6.07, 6.45) is 7.70. The molecule has 1 aliphatic heterocycles. The molecule has 2 heterocycles. The van der Waals surface area contributed by atoms with Crippen LogP contribution in [0.1, 0.15) is 57.1 Å². The van der Waals surface area contributed by atoms with Crippen LogP contribution in [0.25, 0.3) is 10.9 Å². The van der Waals surface area contributed by atoms with Crippen LogP contribution in [0.3, 0.4) is 0 Å². The molecule has 202 valence electrons. The van der Waals surface area contributed by atoms with Gasteiger partial charge in [0.05, 0.1) is 24.8 Å². The highest BCUT2D eigenvalue weighted by molar-refractivity contribution is 5.91. The highest BCUT2D eigenvalue weighted by Gasteiger charge is 2.38. The second-order valence-electron chi connectivity index (χ2n) is 10.7. The van der Waals surface area contributed by atoms with Gasteiger partial charge in [0.15, 0.2) is 11.5 Å². The van der Waals surface area contributed by atoms with Gasteiger partial charge in [0.1, 0.15) is 12.1 Å². The maximum atomic E-state index is 12.7. The Morgan fingerprint density at radius 1 is 1.05 bits per heavy atom. The molecule has 1 saturated carbocycles. The summed E-state index contributed by atoms with van der Waals surface area (Å²) in [5.41, 5.74) is 2.00. The number of rotatable bonds is 8. The lowest BCUT2D eigenvalue weighted by molar-refractivity contribution is -0.134. The number of likely N-dealkylation sites (tertiary alicyclic amines) is 1. The van der Waals surface area contributed by atoms with Crippen molar-refractivity contribution >= 4 is 22.6 Å². The van der Waals surface area contributed by atoms with Crippen LogP contribution in [0.5, 0.6) is 11.5 Å². The maximum absolute atomic E-state index is 12.7. The van der Waals surface area contributed by atoms with Crippen LogP contribution in [-0.4, -0.2) is 71.6 Å². The van der Waals surface area contributed by atoms with E-state index >= 15 is 0 Å². The summed E-state index contributed by atoms with van der Waals surface area (Å²) in [7, 11) is 5.38. The quantitative estimate of drug-likeness (QED) is 0.448. The Labute approximate surface area is 225 Å². The molecule has 38 heavy (non-hydrogen) atoms. The summed E-state index contributed by atoms with van der Waals surface area (Å²) in [5.74, 6) is 2.40. The van der Waals surface area contributed by atoms with Gasteiger partial charge >= 0.3 is 0 Å². The van der Waals surface area contributed by atoms with Crippen molar-refractivity contribution in [1.82, 2.24) is 19.8 Å². The lowest BCUT2D eigenvalue weighted by atomic mass is 9.91. The molecular weight excluding hydrogens is 478 g/mol. The summed E-state index contributed by atoms with van der Waals surface area (Å²) < 4.78 is 12.2. The summed E-state index contributed by atoms with van der Waals surface area (Å²) in [4.78, 5) is 25.9. The van der Waals surface area contributed by atoms with Crippen molar-refractivity contribution in [3.05, 3.63) is 54.4 Å². The fourth-order valence-corrected chi connectivity index (χ4v) is 5.92. The van der Waals surface area contributed by atoms with Crippen molar-refractivity contribution in [2.75, 3.05) is 33.1 Å². The Balaban J connectivity index is 1.29. The summed E-state index contributed by atoms with van der Waals surface area (Å²) >= 11 is 0. The van der Waals surface area contributed by atoms with Gasteiger partial charge in [-0.15, -0.1) is 0 Å². The first-order valence-electron chi connectivity index (χ1n) is 13.7. The molecule has 0 bridgehead atoms. The maximum Gasteiger partial charge on any atom is 0.239 e. The van der Waals surface area contributed by atoms with E-state index < -0.39 is 0 Å². The number of likely N-dealkylation sites (N-methyl/N-ethyl adjacent to an activating group) is 1. The van der Waals surface area contributed by atoms with Crippen molar-refractivity contribution in [2.24, 2.45) is 0 Å². The third-order valence-corrected chi connectivity index (χ3v) is 8.00. The van der Waals surface area contributed by atoms with Crippen molar-refractivity contribution in [3.8, 4) is 11.5 Å². The first-order valence-corrected chi connectivity index (χ1v) is 13.7. The van der Waals surface area contributed by atoms with Crippen molar-refractivity contribution in [1.29, 1.82) is 0 Å². The molecule has 0 spiro atoms. The minimum Gasteiger partial charge on any atom is -0.493 e. The van der Waals surface area contributed by atoms with Gasteiger partial charge < -0.3 is 19.7 Å². The topological polar surface area (TPSA) is 79.8 Å². The van der Waals surface area contributed by atoms with E-state index in [4.69, 9.17) is 9.47 Å². The van der Waals surface area contributed by atoms with Gasteiger partial charge in [0, 0.05) is 37.6 Å². The number of ether oxygens (including phenoxy) is 2. The van der Waals surface area contributed by atoms with E-state index in [9.17, 15) is 4.79 Å². The van der Waals surface area contributed by atoms with Crippen molar-refractivity contribution < 1.29 is 14.3 Å². The van der Waals surface area contributed by atoms with E-state index in [2.05, 4.69) is 39.2 Å². The molecule has 2 aromatic carbocycles. The van der Waals surface area contributed by atoms with E-state index in [-0.39, 0.29) is 24.1 Å². The number of fused-ring (bicyclic) bond motifs is 1. The normalized spacial score (nSPS) is 22.7. The summed E-state index contributed by atoms with van der Waals surface area (Å²) in [6, 6.07) is 14.8. The second-order valence-corrected chi connectivity index (χ2v) is 10.7. The molecular formula is C30H39N5O3. The minimum absolute atomic E-state index is 0.0252. The minimum atomic E-state index is 0.0252. The van der Waals surface area contributed by atoms with Gasteiger partial charge in [-0.05, 0) is 63.6 Å². The van der Waals surface area contributed by atoms with Gasteiger partial charge in [0.2, 0.25) is 5.91 Å². The largest absolute Gasteiger partial charge is 0.493 e. The van der Waals surface area contributed by atoms with Gasteiger partial charge in [-0.3, -0.25) is 9.69 Å². The SMILES string of the molecule is COc1cc2ncnc(N[C@H](C)c3ccccc3)c2cc1OC1CCC(N2CCC[C@H]2C(=O)N(C)C)CC1. The van der Waals surface area contributed by atoms with Gasteiger partial charge in [0.25, 0.3) is 0 Å². The number of hydrogen-bond donors (Lipinski definition) is 1. The molecule has 8 nitrogen and oxygen atoms in total. The third kappa shape index (κ3) is 5.55. The van der Waals surface area contributed by atoms with Crippen molar-refractivity contribution in [2.45, 2.75) is 69.7 Å². The fourth-order valence-electron chi connectivity index (χ4n) is 5.92. The van der Waals surface area contributed by atoms with E-state index in [0.29, 0.717) is 11.8 Å². The second kappa shape index (κ2) is 11.6. The Hall–Kier alpha value is -3.39. The number of nitrogens with one attached hydrogen (secondary N) is 1. The highest BCUT2D eigenvalue weighted by atomic mass is 16.5. The average Bonchev–Trinajstić information content (AvgIpc) is 3.43. The number of aromatic nitrogens is 2. The molecule has 1 N–H and O–H groups in total. The van der Waals surface area contributed by atoms with Crippen LogP contribution in [0, 0.1) is 0 Å². The summed E-state index contributed by atoms with van der Waals surface area (Å²) in [6.45, 7) is 3.13. The molecule has 8 heteroatoms. The van der Waals surface area contributed by atoms with E-state index in [1.165, 1.54) is 5.56 Å². The molecule has 5 rings (SSSR count). The molecule has 1 aliphatic carbocycles. The van der Waals surface area contributed by atoms with Crippen LogP contribution in [0.15, 0.2) is 48.8 Å². The smallest absolute Gasteiger partial charge is 0.239 e. The summed E-state index contributed by atoms with van der Waals surface area (Å²) in [5, 5.41) is 4.45. The zero-order valence-corrected chi connectivity index (χ0v) is 22.9. The van der Waals surface area contributed by atoms with E-state index in [0.717, 1.165) is 67.5 Å². The number of nitrogens with zero attached hydrogens (tertiary/aromatic N) is 4. The highest BCUT2D eigenvalue weighted by Crippen LogP contribution is 2.38. The number of carbonyl (C=O) groups is 1. The lowest BCUT2D eigenvalue weighted by Gasteiger charge is -2.38. The van der Waals surface area contributed by atoms with E-state index in [1.54, 1.807) is 18.3 Å². The number of carbonyl (C=O) groups excluding carboxylic acids is 1. The zero-order chi connectivity index (χ0) is 26.6. The van der Waals surface area contributed by atoms with Crippen LogP contribution < -0.4 is 14.8 Å². The molecule has 1 saturated heterocycles. The van der Waals surface area contributed by atoms with Crippen LogP contribution in [0.4, 0.5) is 5.82 Å². The number of methoxy groups -OCH3 is 1. The average molecular weight is 518 g/mol. The Bertz CT molecular complexity index is 1240. The van der Waals surface area contributed by atoms with Crippen molar-refractivity contribution in [3.63, 3.8) is 0 Å². The monoisotopic (exact) mass is 517 g/mol. The Morgan fingerprint density at radius 2 is 1.82 bits per heavy atom. The van der Waals surface area contributed by atoms with Gasteiger partial charge in [-0.2, -0.15) is 0 Å². The molecule has 2 atom stereocenters. The standard InChI is InChI=1S/C30H39N5O3/c1-20(21-9-6-5-7-10-21)33-29-24-17-28(27(37-4)18-25(24)31-19-32-29)38-23-14-12-22(13-15-23)35-16-8-11-26(35)30(36)34(2)3/h5-7,9-10,17-20,22-23,26H,8,11-16H2,1-4H3,(H,31,32,33)/t20-,22?,23?,26+/m1/s1. The van der Waals surface area contributed by atoms with Crippen LogP contribution >= 0.6 is 0 Å². The Kier molecular flexibility index (Phi) is 7.98.